The van der Waals surface area contributed by atoms with Crippen LogP contribution in [0.5, 0.6) is 0 Å². The van der Waals surface area contributed by atoms with Gasteiger partial charge in [-0.25, -0.2) is 13.1 Å². The standard InChI is InChI=1S/C13H19NO4S/c1-18-13-4-2-3-12(13)14-19(16,17)11-7-5-10(9-15)6-8-11/h5-8,12-15H,2-4,9H2,1H3. The molecule has 2 unspecified atom stereocenters. The van der Waals surface area contributed by atoms with E-state index < -0.39 is 10.0 Å². The molecule has 106 valence electrons. The minimum absolute atomic E-state index is 0.0495. The molecule has 2 rings (SSSR count). The monoisotopic (exact) mass is 285 g/mol. The van der Waals surface area contributed by atoms with Crippen molar-refractivity contribution in [3.05, 3.63) is 29.8 Å². The van der Waals surface area contributed by atoms with Crippen LogP contribution in [0.2, 0.25) is 0 Å². The molecule has 0 aromatic heterocycles. The Hall–Kier alpha value is -0.950. The van der Waals surface area contributed by atoms with Gasteiger partial charge in [-0.05, 0) is 37.0 Å². The second-order valence-electron chi connectivity index (χ2n) is 4.73. The summed E-state index contributed by atoms with van der Waals surface area (Å²) in [5, 5.41) is 8.95. The average molecular weight is 285 g/mol. The number of aliphatic hydroxyl groups excluding tert-OH is 1. The molecular weight excluding hydrogens is 266 g/mol. The molecule has 0 saturated heterocycles. The minimum atomic E-state index is -3.52. The van der Waals surface area contributed by atoms with Gasteiger partial charge >= 0.3 is 0 Å². The third kappa shape index (κ3) is 3.33. The average Bonchev–Trinajstić information content (AvgIpc) is 2.85. The van der Waals surface area contributed by atoms with Crippen molar-refractivity contribution in [3.8, 4) is 0 Å². The molecule has 1 aromatic carbocycles. The van der Waals surface area contributed by atoms with E-state index in [2.05, 4.69) is 4.72 Å². The Balaban J connectivity index is 2.13. The first-order chi connectivity index (χ1) is 9.06. The number of sulfonamides is 1. The lowest BCUT2D eigenvalue weighted by molar-refractivity contribution is 0.0916. The summed E-state index contributed by atoms with van der Waals surface area (Å²) in [5.41, 5.74) is 0.689. The van der Waals surface area contributed by atoms with Crippen molar-refractivity contribution >= 4 is 10.0 Å². The van der Waals surface area contributed by atoms with Crippen molar-refractivity contribution in [2.24, 2.45) is 0 Å². The van der Waals surface area contributed by atoms with Crippen LogP contribution in [0.15, 0.2) is 29.2 Å². The predicted octanol–water partition coefficient (Wildman–Crippen LogP) is 1.02. The first-order valence-electron chi connectivity index (χ1n) is 6.32. The van der Waals surface area contributed by atoms with Crippen molar-refractivity contribution in [1.82, 2.24) is 4.72 Å². The van der Waals surface area contributed by atoms with Crippen molar-refractivity contribution in [2.45, 2.75) is 42.9 Å². The predicted molar refractivity (Wildman–Crippen MR) is 71.1 cm³/mol. The van der Waals surface area contributed by atoms with E-state index in [1.54, 1.807) is 19.2 Å². The largest absolute Gasteiger partial charge is 0.392 e. The molecule has 1 fully saturated rings. The highest BCUT2D eigenvalue weighted by Gasteiger charge is 2.31. The highest BCUT2D eigenvalue weighted by molar-refractivity contribution is 7.89. The summed E-state index contributed by atoms with van der Waals surface area (Å²) >= 11 is 0. The van der Waals surface area contributed by atoms with Gasteiger partial charge in [0.05, 0.1) is 17.6 Å². The Bertz CT molecular complexity index is 512. The number of aliphatic hydroxyl groups is 1. The summed E-state index contributed by atoms with van der Waals surface area (Å²) in [6, 6.07) is 6.07. The first-order valence-corrected chi connectivity index (χ1v) is 7.80. The Kier molecular flexibility index (Phi) is 4.57. The molecule has 6 heteroatoms. The van der Waals surface area contributed by atoms with E-state index in [0.717, 1.165) is 19.3 Å². The maximum absolute atomic E-state index is 12.2. The lowest BCUT2D eigenvalue weighted by atomic mass is 10.2. The number of rotatable bonds is 5. The lowest BCUT2D eigenvalue weighted by Crippen LogP contribution is -2.40. The molecule has 19 heavy (non-hydrogen) atoms. The molecule has 1 aliphatic carbocycles. The van der Waals surface area contributed by atoms with Crippen molar-refractivity contribution in [2.75, 3.05) is 7.11 Å². The van der Waals surface area contributed by atoms with Gasteiger partial charge in [-0.15, -0.1) is 0 Å². The lowest BCUT2D eigenvalue weighted by Gasteiger charge is -2.19. The van der Waals surface area contributed by atoms with E-state index in [0.29, 0.717) is 5.56 Å². The highest BCUT2D eigenvalue weighted by atomic mass is 32.2. The Labute approximate surface area is 113 Å². The molecule has 0 spiro atoms. The number of ether oxygens (including phenoxy) is 1. The fraction of sp³-hybridized carbons (Fsp3) is 0.538. The van der Waals surface area contributed by atoms with Crippen LogP contribution in [0.4, 0.5) is 0 Å². The van der Waals surface area contributed by atoms with Gasteiger partial charge in [0.25, 0.3) is 0 Å². The summed E-state index contributed by atoms with van der Waals surface area (Å²) in [7, 11) is -1.92. The van der Waals surface area contributed by atoms with Crippen molar-refractivity contribution in [1.29, 1.82) is 0 Å². The second-order valence-corrected chi connectivity index (χ2v) is 6.45. The van der Waals surface area contributed by atoms with E-state index in [-0.39, 0.29) is 23.6 Å². The third-order valence-corrected chi connectivity index (χ3v) is 4.98. The molecule has 2 N–H and O–H groups in total. The fourth-order valence-corrected chi connectivity index (χ4v) is 3.68. The molecule has 0 radical (unpaired) electrons. The Morgan fingerprint density at radius 3 is 2.58 bits per heavy atom. The van der Waals surface area contributed by atoms with Crippen LogP contribution in [0.1, 0.15) is 24.8 Å². The van der Waals surface area contributed by atoms with Crippen molar-refractivity contribution < 1.29 is 18.3 Å². The highest BCUT2D eigenvalue weighted by Crippen LogP contribution is 2.23. The van der Waals surface area contributed by atoms with E-state index in [1.807, 2.05) is 0 Å². The number of methoxy groups -OCH3 is 1. The molecule has 1 saturated carbocycles. The van der Waals surface area contributed by atoms with Crippen LogP contribution in [0.3, 0.4) is 0 Å². The van der Waals surface area contributed by atoms with Crippen molar-refractivity contribution in [3.63, 3.8) is 0 Å². The van der Waals surface area contributed by atoms with Gasteiger partial charge in [0, 0.05) is 13.2 Å². The van der Waals surface area contributed by atoms with Crippen LogP contribution in [-0.2, 0) is 21.4 Å². The summed E-state index contributed by atoms with van der Waals surface area (Å²) in [5.74, 6) is 0. The van der Waals surface area contributed by atoms with Crippen LogP contribution in [0.25, 0.3) is 0 Å². The maximum Gasteiger partial charge on any atom is 0.240 e. The third-order valence-electron chi connectivity index (χ3n) is 3.48. The molecule has 5 nitrogen and oxygen atoms in total. The van der Waals surface area contributed by atoms with Gasteiger partial charge in [-0.3, -0.25) is 0 Å². The van der Waals surface area contributed by atoms with E-state index in [4.69, 9.17) is 9.84 Å². The quantitative estimate of drug-likeness (QED) is 0.847. The van der Waals surface area contributed by atoms with E-state index in [1.165, 1.54) is 12.1 Å². The fourth-order valence-electron chi connectivity index (χ4n) is 2.38. The number of hydrogen-bond acceptors (Lipinski definition) is 4. The Morgan fingerprint density at radius 1 is 1.32 bits per heavy atom. The van der Waals surface area contributed by atoms with E-state index in [9.17, 15) is 8.42 Å². The Morgan fingerprint density at radius 2 is 2.00 bits per heavy atom. The summed E-state index contributed by atoms with van der Waals surface area (Å²) in [6.45, 7) is -0.0951. The first kappa shape index (κ1) is 14.5. The number of benzene rings is 1. The molecular formula is C13H19NO4S. The number of hydrogen-bond donors (Lipinski definition) is 2. The molecule has 0 heterocycles. The van der Waals surface area contributed by atoms with Gasteiger partial charge < -0.3 is 9.84 Å². The normalized spacial score (nSPS) is 23.7. The van der Waals surface area contributed by atoms with Crippen LogP contribution >= 0.6 is 0 Å². The zero-order valence-corrected chi connectivity index (χ0v) is 11.7. The smallest absolute Gasteiger partial charge is 0.240 e. The van der Waals surface area contributed by atoms with Gasteiger partial charge in [0.15, 0.2) is 0 Å². The minimum Gasteiger partial charge on any atom is -0.392 e. The molecule has 0 amide bonds. The summed E-state index contributed by atoms with van der Waals surface area (Å²) in [4.78, 5) is 0.214. The maximum atomic E-state index is 12.2. The number of nitrogens with one attached hydrogen (secondary N) is 1. The van der Waals surface area contributed by atoms with E-state index >= 15 is 0 Å². The van der Waals surface area contributed by atoms with Gasteiger partial charge in [0.1, 0.15) is 0 Å². The summed E-state index contributed by atoms with van der Waals surface area (Å²) < 4.78 is 32.4. The molecule has 0 aliphatic heterocycles. The SMILES string of the molecule is COC1CCCC1NS(=O)(=O)c1ccc(CO)cc1. The van der Waals surface area contributed by atoms with Crippen LogP contribution < -0.4 is 4.72 Å². The molecule has 1 aliphatic rings. The molecule has 2 atom stereocenters. The van der Waals surface area contributed by atoms with Crippen LogP contribution in [-0.4, -0.2) is 32.8 Å². The van der Waals surface area contributed by atoms with Gasteiger partial charge in [-0.2, -0.15) is 0 Å². The topological polar surface area (TPSA) is 75.6 Å². The van der Waals surface area contributed by atoms with Gasteiger partial charge in [0.2, 0.25) is 10.0 Å². The zero-order valence-electron chi connectivity index (χ0n) is 10.9. The van der Waals surface area contributed by atoms with Crippen LogP contribution in [0, 0.1) is 0 Å². The second kappa shape index (κ2) is 6.00. The summed E-state index contributed by atoms with van der Waals surface area (Å²) in [6.07, 6.45) is 2.60. The van der Waals surface area contributed by atoms with Gasteiger partial charge in [-0.1, -0.05) is 12.1 Å². The molecule has 1 aromatic rings. The zero-order chi connectivity index (χ0) is 13.9. The molecule has 0 bridgehead atoms.